The van der Waals surface area contributed by atoms with Crippen molar-refractivity contribution in [1.29, 1.82) is 0 Å². The maximum absolute atomic E-state index is 12.2. The summed E-state index contributed by atoms with van der Waals surface area (Å²) in [4.78, 5) is 12.2. The molecule has 1 amide bonds. The third-order valence-electron chi connectivity index (χ3n) is 3.31. The number of ether oxygens (including phenoxy) is 2. The van der Waals surface area contributed by atoms with Gasteiger partial charge in [0.1, 0.15) is 18.1 Å². The largest absolute Gasteiger partial charge is 0.495 e. The lowest BCUT2D eigenvalue weighted by atomic mass is 10.2. The van der Waals surface area contributed by atoms with E-state index < -0.39 is 0 Å². The van der Waals surface area contributed by atoms with Crippen LogP contribution in [-0.4, -0.2) is 25.7 Å². The van der Waals surface area contributed by atoms with E-state index in [2.05, 4.69) is 5.32 Å². The molecule has 0 saturated carbocycles. The zero-order valence-electron chi connectivity index (χ0n) is 13.4. The fourth-order valence-corrected chi connectivity index (χ4v) is 2.27. The third kappa shape index (κ3) is 4.89. The Labute approximate surface area is 141 Å². The summed E-state index contributed by atoms with van der Waals surface area (Å²) in [6, 6.07) is 12.6. The van der Waals surface area contributed by atoms with Crippen LogP contribution in [0.2, 0.25) is 5.02 Å². The number of hydrogen-bond acceptors (Lipinski definition) is 3. The number of benzene rings is 2. The number of methoxy groups -OCH3 is 1. The fraction of sp³-hybridized carbons (Fsp3) is 0.278. The summed E-state index contributed by atoms with van der Waals surface area (Å²) >= 11 is 6.03. The quantitative estimate of drug-likeness (QED) is 0.873. The molecule has 2 aromatic carbocycles. The smallest absolute Gasteiger partial charge is 0.251 e. The van der Waals surface area contributed by atoms with Crippen LogP contribution in [0, 0.1) is 6.92 Å². The van der Waals surface area contributed by atoms with Gasteiger partial charge in [0, 0.05) is 5.56 Å². The van der Waals surface area contributed by atoms with Crippen LogP contribution >= 0.6 is 11.6 Å². The molecule has 1 N–H and O–H groups in total. The van der Waals surface area contributed by atoms with Crippen molar-refractivity contribution in [3.05, 3.63) is 58.6 Å². The Morgan fingerprint density at radius 1 is 1.22 bits per heavy atom. The van der Waals surface area contributed by atoms with Crippen molar-refractivity contribution in [3.63, 3.8) is 0 Å². The molecule has 0 radical (unpaired) electrons. The van der Waals surface area contributed by atoms with E-state index in [0.29, 0.717) is 22.9 Å². The number of aryl methyl sites for hydroxylation is 1. The number of nitrogens with one attached hydrogen (secondary N) is 1. The first-order chi connectivity index (χ1) is 11.0. The van der Waals surface area contributed by atoms with E-state index in [1.54, 1.807) is 18.2 Å². The number of carbonyl (C=O) groups excluding carboxylic acids is 1. The van der Waals surface area contributed by atoms with Gasteiger partial charge >= 0.3 is 0 Å². The van der Waals surface area contributed by atoms with Crippen LogP contribution in [0.15, 0.2) is 42.5 Å². The van der Waals surface area contributed by atoms with E-state index in [1.807, 2.05) is 38.1 Å². The maximum Gasteiger partial charge on any atom is 0.251 e. The fourth-order valence-electron chi connectivity index (χ4n) is 2.01. The molecule has 122 valence electrons. The molecule has 0 aliphatic heterocycles. The number of amides is 1. The number of carbonyl (C=O) groups is 1. The predicted octanol–water partition coefficient (Wildman–Crippen LogP) is 3.85. The first-order valence-electron chi connectivity index (χ1n) is 7.33. The van der Waals surface area contributed by atoms with Gasteiger partial charge in [-0.15, -0.1) is 0 Å². The monoisotopic (exact) mass is 333 g/mol. The molecular weight excluding hydrogens is 314 g/mol. The lowest BCUT2D eigenvalue weighted by Gasteiger charge is -2.15. The van der Waals surface area contributed by atoms with Crippen LogP contribution in [-0.2, 0) is 0 Å². The standard InChI is InChI=1S/C18H20ClNO3/c1-12-4-7-15(8-5-12)23-11-13(2)20-18(21)14-6-9-17(22-3)16(19)10-14/h4-10,13H,11H2,1-3H3,(H,20,21). The minimum atomic E-state index is -0.199. The molecule has 4 nitrogen and oxygen atoms in total. The van der Waals surface area contributed by atoms with Crippen LogP contribution in [0.25, 0.3) is 0 Å². The molecule has 0 aliphatic rings. The molecule has 0 spiro atoms. The Bertz CT molecular complexity index is 670. The predicted molar refractivity (Wildman–Crippen MR) is 91.6 cm³/mol. The summed E-state index contributed by atoms with van der Waals surface area (Å²) in [6.45, 7) is 4.29. The SMILES string of the molecule is COc1ccc(C(=O)NC(C)COc2ccc(C)cc2)cc1Cl. The minimum Gasteiger partial charge on any atom is -0.495 e. The van der Waals surface area contributed by atoms with Crippen LogP contribution in [0.4, 0.5) is 0 Å². The molecule has 2 aromatic rings. The highest BCUT2D eigenvalue weighted by molar-refractivity contribution is 6.32. The molecule has 0 saturated heterocycles. The molecule has 0 heterocycles. The van der Waals surface area contributed by atoms with Crippen molar-refractivity contribution in [2.75, 3.05) is 13.7 Å². The van der Waals surface area contributed by atoms with Gasteiger partial charge in [-0.05, 0) is 44.2 Å². The Morgan fingerprint density at radius 3 is 2.52 bits per heavy atom. The van der Waals surface area contributed by atoms with E-state index in [4.69, 9.17) is 21.1 Å². The molecule has 2 rings (SSSR count). The van der Waals surface area contributed by atoms with Crippen LogP contribution in [0.3, 0.4) is 0 Å². The molecule has 5 heteroatoms. The highest BCUT2D eigenvalue weighted by Gasteiger charge is 2.12. The Balaban J connectivity index is 1.89. The van der Waals surface area contributed by atoms with E-state index in [1.165, 1.54) is 12.7 Å². The first-order valence-corrected chi connectivity index (χ1v) is 7.71. The van der Waals surface area contributed by atoms with Gasteiger partial charge in [-0.3, -0.25) is 4.79 Å². The average Bonchev–Trinajstić information content (AvgIpc) is 2.54. The van der Waals surface area contributed by atoms with Crippen molar-refractivity contribution in [3.8, 4) is 11.5 Å². The minimum absolute atomic E-state index is 0.135. The van der Waals surface area contributed by atoms with Crippen LogP contribution < -0.4 is 14.8 Å². The molecule has 23 heavy (non-hydrogen) atoms. The summed E-state index contributed by atoms with van der Waals surface area (Å²) in [7, 11) is 1.53. The summed E-state index contributed by atoms with van der Waals surface area (Å²) in [5.74, 6) is 1.12. The Kier molecular flexibility index (Phi) is 5.88. The Hall–Kier alpha value is -2.20. The molecule has 1 atom stereocenters. The van der Waals surface area contributed by atoms with Gasteiger partial charge < -0.3 is 14.8 Å². The molecule has 0 fully saturated rings. The molecule has 0 aromatic heterocycles. The van der Waals surface area contributed by atoms with Gasteiger partial charge in [-0.2, -0.15) is 0 Å². The normalized spacial score (nSPS) is 11.7. The van der Waals surface area contributed by atoms with Gasteiger partial charge in [0.2, 0.25) is 0 Å². The summed E-state index contributed by atoms with van der Waals surface area (Å²) in [5.41, 5.74) is 1.66. The van der Waals surface area contributed by atoms with Gasteiger partial charge in [0.25, 0.3) is 5.91 Å². The van der Waals surface area contributed by atoms with Crippen molar-refractivity contribution in [2.45, 2.75) is 19.9 Å². The van der Waals surface area contributed by atoms with Crippen LogP contribution in [0.1, 0.15) is 22.8 Å². The van der Waals surface area contributed by atoms with Crippen molar-refractivity contribution in [2.24, 2.45) is 0 Å². The van der Waals surface area contributed by atoms with Gasteiger partial charge in [-0.1, -0.05) is 29.3 Å². The van der Waals surface area contributed by atoms with E-state index in [-0.39, 0.29) is 11.9 Å². The highest BCUT2D eigenvalue weighted by atomic mass is 35.5. The number of hydrogen-bond donors (Lipinski definition) is 1. The Morgan fingerprint density at radius 2 is 1.91 bits per heavy atom. The maximum atomic E-state index is 12.2. The second-order valence-electron chi connectivity index (χ2n) is 5.35. The van der Waals surface area contributed by atoms with Crippen molar-refractivity contribution < 1.29 is 14.3 Å². The zero-order valence-corrected chi connectivity index (χ0v) is 14.2. The molecular formula is C18H20ClNO3. The summed E-state index contributed by atoms with van der Waals surface area (Å²) in [5, 5.41) is 3.29. The van der Waals surface area contributed by atoms with Crippen LogP contribution in [0.5, 0.6) is 11.5 Å². The highest BCUT2D eigenvalue weighted by Crippen LogP contribution is 2.24. The lowest BCUT2D eigenvalue weighted by molar-refractivity contribution is 0.0926. The summed E-state index contributed by atoms with van der Waals surface area (Å²) < 4.78 is 10.7. The zero-order chi connectivity index (χ0) is 16.8. The van der Waals surface area contributed by atoms with E-state index >= 15 is 0 Å². The van der Waals surface area contributed by atoms with Crippen molar-refractivity contribution in [1.82, 2.24) is 5.32 Å². The van der Waals surface area contributed by atoms with Gasteiger partial charge in [0.05, 0.1) is 18.2 Å². The van der Waals surface area contributed by atoms with Gasteiger partial charge in [-0.25, -0.2) is 0 Å². The second kappa shape index (κ2) is 7.88. The summed E-state index contributed by atoms with van der Waals surface area (Å²) in [6.07, 6.45) is 0. The molecule has 1 unspecified atom stereocenters. The number of rotatable bonds is 6. The lowest BCUT2D eigenvalue weighted by Crippen LogP contribution is -2.36. The second-order valence-corrected chi connectivity index (χ2v) is 5.76. The third-order valence-corrected chi connectivity index (χ3v) is 3.61. The topological polar surface area (TPSA) is 47.6 Å². The number of halogens is 1. The first kappa shape index (κ1) is 17.2. The van der Waals surface area contributed by atoms with Crippen molar-refractivity contribution >= 4 is 17.5 Å². The molecule has 0 aliphatic carbocycles. The molecule has 0 bridgehead atoms. The van der Waals surface area contributed by atoms with E-state index in [9.17, 15) is 4.79 Å². The average molecular weight is 334 g/mol. The van der Waals surface area contributed by atoms with E-state index in [0.717, 1.165) is 5.75 Å². The van der Waals surface area contributed by atoms with Gasteiger partial charge in [0.15, 0.2) is 0 Å².